The Hall–Kier alpha value is -1.12. The number of rotatable bonds is 2. The molecule has 0 radical (unpaired) electrons. The van der Waals surface area contributed by atoms with Gasteiger partial charge in [0.25, 0.3) is 5.56 Å². The molecule has 0 saturated heterocycles. The van der Waals surface area contributed by atoms with Gasteiger partial charge in [-0.05, 0) is 19.3 Å². The van der Waals surface area contributed by atoms with Crippen molar-refractivity contribution in [2.45, 2.75) is 27.2 Å². The summed E-state index contributed by atoms with van der Waals surface area (Å²) in [4.78, 5) is 18.0. The molecule has 66 valence electrons. The van der Waals surface area contributed by atoms with Gasteiger partial charge in [-0.1, -0.05) is 13.8 Å². The van der Waals surface area contributed by atoms with Crippen LogP contribution in [0, 0.1) is 12.8 Å². The number of nitrogens with zero attached hydrogens (tertiary/aromatic N) is 1. The summed E-state index contributed by atoms with van der Waals surface area (Å²) >= 11 is 0. The number of aromatic amines is 1. The molecule has 0 aliphatic rings. The highest BCUT2D eigenvalue weighted by Gasteiger charge is 2.03. The summed E-state index contributed by atoms with van der Waals surface area (Å²) in [7, 11) is 0. The molecule has 0 aromatic carbocycles. The molecule has 1 heterocycles. The third-order valence-electron chi connectivity index (χ3n) is 1.59. The summed E-state index contributed by atoms with van der Waals surface area (Å²) in [6, 6.07) is 0. The molecule has 0 aliphatic carbocycles. The molecule has 0 unspecified atom stereocenters. The van der Waals surface area contributed by atoms with Crippen molar-refractivity contribution < 1.29 is 0 Å². The Labute approximate surface area is 71.9 Å². The molecule has 1 N–H and O–H groups in total. The van der Waals surface area contributed by atoms with Gasteiger partial charge in [-0.3, -0.25) is 9.78 Å². The van der Waals surface area contributed by atoms with Crippen LogP contribution in [-0.4, -0.2) is 9.97 Å². The van der Waals surface area contributed by atoms with Gasteiger partial charge in [0.1, 0.15) is 5.69 Å². The van der Waals surface area contributed by atoms with Crippen molar-refractivity contribution in [3.8, 4) is 0 Å². The van der Waals surface area contributed by atoms with Gasteiger partial charge in [0, 0.05) is 6.20 Å². The normalized spacial score (nSPS) is 10.7. The van der Waals surface area contributed by atoms with Crippen LogP contribution in [0.2, 0.25) is 0 Å². The zero-order chi connectivity index (χ0) is 9.14. The quantitative estimate of drug-likeness (QED) is 0.719. The van der Waals surface area contributed by atoms with E-state index < -0.39 is 0 Å². The summed E-state index contributed by atoms with van der Waals surface area (Å²) in [6.07, 6.45) is 2.38. The smallest absolute Gasteiger partial charge is 0.269 e. The number of nitrogens with one attached hydrogen (secondary N) is 1. The standard InChI is InChI=1S/C9H14N2O/c1-6(2)4-8-9(12)10-5-7(3)11-8/h5-6H,4H2,1-3H3,(H,10,12). The molecule has 3 nitrogen and oxygen atoms in total. The minimum atomic E-state index is -0.0608. The Morgan fingerprint density at radius 1 is 1.58 bits per heavy atom. The molecule has 0 atom stereocenters. The maximum Gasteiger partial charge on any atom is 0.269 e. The Kier molecular flexibility index (Phi) is 2.63. The summed E-state index contributed by atoms with van der Waals surface area (Å²) in [6.45, 7) is 6.02. The van der Waals surface area contributed by atoms with Crippen LogP contribution in [0.4, 0.5) is 0 Å². The first-order chi connectivity index (χ1) is 5.59. The molecule has 1 aromatic heterocycles. The Bertz CT molecular complexity index is 315. The van der Waals surface area contributed by atoms with Crippen molar-refractivity contribution in [3.63, 3.8) is 0 Å². The molecule has 1 rings (SSSR count). The zero-order valence-corrected chi connectivity index (χ0v) is 7.72. The highest BCUT2D eigenvalue weighted by atomic mass is 16.1. The average molecular weight is 166 g/mol. The van der Waals surface area contributed by atoms with Crippen LogP contribution in [0.5, 0.6) is 0 Å². The third-order valence-corrected chi connectivity index (χ3v) is 1.59. The van der Waals surface area contributed by atoms with E-state index in [-0.39, 0.29) is 5.56 Å². The first-order valence-corrected chi connectivity index (χ1v) is 4.15. The molecule has 0 aliphatic heterocycles. The molecular formula is C9H14N2O. The summed E-state index contributed by atoms with van der Waals surface area (Å²) in [5.74, 6) is 0.473. The molecule has 12 heavy (non-hydrogen) atoms. The lowest BCUT2D eigenvalue weighted by molar-refractivity contribution is 0.627. The van der Waals surface area contributed by atoms with Gasteiger partial charge in [-0.2, -0.15) is 0 Å². The topological polar surface area (TPSA) is 45.8 Å². The lowest BCUT2D eigenvalue weighted by Crippen LogP contribution is -2.17. The fourth-order valence-electron chi connectivity index (χ4n) is 1.07. The van der Waals surface area contributed by atoms with E-state index in [1.165, 1.54) is 0 Å². The van der Waals surface area contributed by atoms with Crippen molar-refractivity contribution >= 4 is 0 Å². The second-order valence-corrected chi connectivity index (χ2v) is 3.42. The van der Waals surface area contributed by atoms with Gasteiger partial charge >= 0.3 is 0 Å². The van der Waals surface area contributed by atoms with Crippen LogP contribution >= 0.6 is 0 Å². The summed E-state index contributed by atoms with van der Waals surface area (Å²) in [5, 5.41) is 0. The second-order valence-electron chi connectivity index (χ2n) is 3.42. The molecule has 0 bridgehead atoms. The Balaban J connectivity index is 2.98. The molecule has 0 spiro atoms. The predicted octanol–water partition coefficient (Wildman–Crippen LogP) is 1.28. The Morgan fingerprint density at radius 3 is 2.83 bits per heavy atom. The number of aryl methyl sites for hydroxylation is 1. The van der Waals surface area contributed by atoms with Crippen molar-refractivity contribution in [2.24, 2.45) is 5.92 Å². The van der Waals surface area contributed by atoms with E-state index in [1.54, 1.807) is 6.20 Å². The summed E-state index contributed by atoms with van der Waals surface area (Å²) < 4.78 is 0. The van der Waals surface area contributed by atoms with E-state index in [0.29, 0.717) is 11.6 Å². The fourth-order valence-corrected chi connectivity index (χ4v) is 1.07. The van der Waals surface area contributed by atoms with Crippen LogP contribution in [0.25, 0.3) is 0 Å². The van der Waals surface area contributed by atoms with Crippen LogP contribution in [-0.2, 0) is 6.42 Å². The SMILES string of the molecule is Cc1c[nH]c(=O)c(CC(C)C)n1. The first kappa shape index (κ1) is 8.97. The lowest BCUT2D eigenvalue weighted by Gasteiger charge is -2.02. The average Bonchev–Trinajstić information content (AvgIpc) is 1.96. The highest BCUT2D eigenvalue weighted by molar-refractivity contribution is 5.02. The van der Waals surface area contributed by atoms with Gasteiger partial charge in [0.2, 0.25) is 0 Å². The second kappa shape index (κ2) is 3.52. The van der Waals surface area contributed by atoms with Crippen LogP contribution in [0.1, 0.15) is 25.2 Å². The highest BCUT2D eigenvalue weighted by Crippen LogP contribution is 2.00. The van der Waals surface area contributed by atoms with Crippen molar-refractivity contribution in [3.05, 3.63) is 27.9 Å². The van der Waals surface area contributed by atoms with E-state index in [9.17, 15) is 4.79 Å². The number of hydrogen-bond acceptors (Lipinski definition) is 2. The van der Waals surface area contributed by atoms with Crippen LogP contribution < -0.4 is 5.56 Å². The maximum absolute atomic E-state index is 11.2. The minimum Gasteiger partial charge on any atom is -0.326 e. The maximum atomic E-state index is 11.2. The zero-order valence-electron chi connectivity index (χ0n) is 7.72. The van der Waals surface area contributed by atoms with E-state index in [1.807, 2.05) is 6.92 Å². The van der Waals surface area contributed by atoms with Crippen molar-refractivity contribution in [2.75, 3.05) is 0 Å². The Morgan fingerprint density at radius 2 is 2.25 bits per heavy atom. The molecule has 0 saturated carbocycles. The first-order valence-electron chi connectivity index (χ1n) is 4.15. The summed E-state index contributed by atoms with van der Waals surface area (Å²) in [5.41, 5.74) is 1.45. The van der Waals surface area contributed by atoms with Crippen molar-refractivity contribution in [1.82, 2.24) is 9.97 Å². The van der Waals surface area contributed by atoms with Gasteiger partial charge in [0.15, 0.2) is 0 Å². The van der Waals surface area contributed by atoms with E-state index >= 15 is 0 Å². The number of H-pyrrole nitrogens is 1. The van der Waals surface area contributed by atoms with Crippen LogP contribution in [0.3, 0.4) is 0 Å². The molecule has 0 amide bonds. The lowest BCUT2D eigenvalue weighted by atomic mass is 10.1. The van der Waals surface area contributed by atoms with E-state index in [0.717, 1.165) is 12.1 Å². The number of hydrogen-bond donors (Lipinski definition) is 1. The van der Waals surface area contributed by atoms with Gasteiger partial charge in [-0.25, -0.2) is 0 Å². The monoisotopic (exact) mass is 166 g/mol. The van der Waals surface area contributed by atoms with E-state index in [2.05, 4.69) is 23.8 Å². The van der Waals surface area contributed by atoms with Gasteiger partial charge < -0.3 is 4.98 Å². The molecular weight excluding hydrogens is 152 g/mol. The minimum absolute atomic E-state index is 0.0608. The van der Waals surface area contributed by atoms with Crippen molar-refractivity contribution in [1.29, 1.82) is 0 Å². The molecule has 3 heteroatoms. The third kappa shape index (κ3) is 2.19. The largest absolute Gasteiger partial charge is 0.326 e. The van der Waals surface area contributed by atoms with Crippen LogP contribution in [0.15, 0.2) is 11.0 Å². The fraction of sp³-hybridized carbons (Fsp3) is 0.556. The molecule has 1 aromatic rings. The van der Waals surface area contributed by atoms with Gasteiger partial charge in [0.05, 0.1) is 5.69 Å². The number of aromatic nitrogens is 2. The van der Waals surface area contributed by atoms with E-state index in [4.69, 9.17) is 0 Å². The van der Waals surface area contributed by atoms with Gasteiger partial charge in [-0.15, -0.1) is 0 Å². The predicted molar refractivity (Wildman–Crippen MR) is 48.1 cm³/mol. The molecule has 0 fully saturated rings.